The number of carbonyl (C=O) groups is 1. The van der Waals surface area contributed by atoms with E-state index in [0.717, 1.165) is 0 Å². The number of carboxylic acid groups (broad SMARTS) is 1. The van der Waals surface area contributed by atoms with Gasteiger partial charge in [0, 0.05) is 5.25 Å². The summed E-state index contributed by atoms with van der Waals surface area (Å²) in [5.41, 5.74) is -1.16. The van der Waals surface area contributed by atoms with Gasteiger partial charge in [-0.05, 0) is 12.8 Å². The molecule has 14 heavy (non-hydrogen) atoms. The van der Waals surface area contributed by atoms with Gasteiger partial charge in [-0.25, -0.2) is 0 Å². The van der Waals surface area contributed by atoms with Gasteiger partial charge in [0.25, 0.3) is 0 Å². The fraction of sp³-hybridized carbons (Fsp3) is 0.500. The molecule has 0 aromatic rings. The normalized spacial score (nSPS) is 13.3. The first-order valence-corrected chi connectivity index (χ1v) is 4.82. The molecular formula is C10H16O3S. The number of aliphatic hydroxyl groups is 1. The number of hydrogen-bond donors (Lipinski definition) is 3. The summed E-state index contributed by atoms with van der Waals surface area (Å²) in [6.07, 6.45) is 3.53. The van der Waals surface area contributed by atoms with Crippen molar-refractivity contribution in [3.8, 4) is 0 Å². The molecule has 0 aliphatic heterocycles. The summed E-state index contributed by atoms with van der Waals surface area (Å²) in [7, 11) is 0. The molecule has 0 aromatic heterocycles. The van der Waals surface area contributed by atoms with Crippen molar-refractivity contribution in [3.05, 3.63) is 25.3 Å². The Morgan fingerprint density at radius 2 is 1.86 bits per heavy atom. The molecule has 4 heteroatoms. The minimum Gasteiger partial charge on any atom is -0.481 e. The molecule has 1 atom stereocenters. The SMILES string of the molecule is C=CCC(O)(CC=C)C(S)CC(=O)O. The Labute approximate surface area is 89.5 Å². The Bertz CT molecular complexity index is 215. The number of aliphatic carboxylic acids is 1. The lowest BCUT2D eigenvalue weighted by molar-refractivity contribution is -0.138. The molecular weight excluding hydrogens is 200 g/mol. The molecule has 0 amide bonds. The zero-order chi connectivity index (χ0) is 11.2. The monoisotopic (exact) mass is 216 g/mol. The van der Waals surface area contributed by atoms with Crippen LogP contribution in [-0.4, -0.2) is 27.0 Å². The lowest BCUT2D eigenvalue weighted by Crippen LogP contribution is -2.39. The fourth-order valence-corrected chi connectivity index (χ4v) is 1.58. The standard InChI is InChI=1S/C10H16O3S/c1-3-5-10(13,6-4-2)8(14)7-9(11)12/h3-4,8,13-14H,1-2,5-7H2,(H,11,12). The average molecular weight is 216 g/mol. The van der Waals surface area contributed by atoms with E-state index >= 15 is 0 Å². The molecule has 0 spiro atoms. The van der Waals surface area contributed by atoms with Crippen LogP contribution in [0.5, 0.6) is 0 Å². The largest absolute Gasteiger partial charge is 0.481 e. The molecule has 0 bridgehead atoms. The van der Waals surface area contributed by atoms with Gasteiger partial charge in [-0.2, -0.15) is 12.6 Å². The van der Waals surface area contributed by atoms with Crippen molar-refractivity contribution in [3.63, 3.8) is 0 Å². The van der Waals surface area contributed by atoms with Crippen LogP contribution in [0.1, 0.15) is 19.3 Å². The third kappa shape index (κ3) is 3.98. The molecule has 0 saturated heterocycles. The van der Waals surface area contributed by atoms with E-state index in [0.29, 0.717) is 12.8 Å². The van der Waals surface area contributed by atoms with Crippen molar-refractivity contribution in [2.24, 2.45) is 0 Å². The van der Waals surface area contributed by atoms with E-state index in [-0.39, 0.29) is 6.42 Å². The fourth-order valence-electron chi connectivity index (χ4n) is 1.21. The molecule has 0 rings (SSSR count). The van der Waals surface area contributed by atoms with Gasteiger partial charge in [-0.3, -0.25) is 4.79 Å². The van der Waals surface area contributed by atoms with Gasteiger partial charge in [-0.15, -0.1) is 13.2 Å². The zero-order valence-corrected chi connectivity index (χ0v) is 8.91. The summed E-state index contributed by atoms with van der Waals surface area (Å²) < 4.78 is 0. The third-order valence-electron chi connectivity index (χ3n) is 1.98. The van der Waals surface area contributed by atoms with Crippen molar-refractivity contribution in [1.82, 2.24) is 0 Å². The first-order chi connectivity index (χ1) is 6.46. The molecule has 0 aliphatic rings. The molecule has 3 nitrogen and oxygen atoms in total. The first-order valence-electron chi connectivity index (χ1n) is 4.30. The minimum absolute atomic E-state index is 0.179. The molecule has 80 valence electrons. The third-order valence-corrected chi connectivity index (χ3v) is 2.65. The van der Waals surface area contributed by atoms with Gasteiger partial charge >= 0.3 is 5.97 Å². The van der Waals surface area contributed by atoms with Gasteiger partial charge < -0.3 is 10.2 Å². The van der Waals surface area contributed by atoms with Gasteiger partial charge in [0.2, 0.25) is 0 Å². The Hall–Kier alpha value is -0.740. The highest BCUT2D eigenvalue weighted by Gasteiger charge is 2.33. The van der Waals surface area contributed by atoms with Crippen LogP contribution in [0.2, 0.25) is 0 Å². The van der Waals surface area contributed by atoms with Crippen LogP contribution in [-0.2, 0) is 4.79 Å². The van der Waals surface area contributed by atoms with Crippen LogP contribution in [0.4, 0.5) is 0 Å². The quantitative estimate of drug-likeness (QED) is 0.448. The Kier molecular flexibility index (Phi) is 5.57. The predicted octanol–water partition coefficient (Wildman–Crippen LogP) is 1.64. The van der Waals surface area contributed by atoms with Gasteiger partial charge in [0.15, 0.2) is 0 Å². The zero-order valence-electron chi connectivity index (χ0n) is 8.02. The van der Waals surface area contributed by atoms with Crippen LogP contribution in [0.15, 0.2) is 25.3 Å². The van der Waals surface area contributed by atoms with Gasteiger partial charge in [-0.1, -0.05) is 12.2 Å². The van der Waals surface area contributed by atoms with E-state index in [1.807, 2.05) is 0 Å². The van der Waals surface area contributed by atoms with E-state index in [1.54, 1.807) is 12.2 Å². The number of rotatable bonds is 7. The molecule has 1 unspecified atom stereocenters. The average Bonchev–Trinajstić information content (AvgIpc) is 2.03. The highest BCUT2D eigenvalue weighted by molar-refractivity contribution is 7.81. The maximum atomic E-state index is 10.5. The lowest BCUT2D eigenvalue weighted by atomic mass is 9.89. The van der Waals surface area contributed by atoms with E-state index in [4.69, 9.17) is 5.11 Å². The Morgan fingerprint density at radius 1 is 1.43 bits per heavy atom. The maximum absolute atomic E-state index is 10.5. The lowest BCUT2D eigenvalue weighted by Gasteiger charge is -2.30. The number of thiol groups is 1. The summed E-state index contributed by atoms with van der Waals surface area (Å²) in [5.74, 6) is -0.975. The molecule has 2 N–H and O–H groups in total. The molecule has 0 heterocycles. The highest BCUT2D eigenvalue weighted by atomic mass is 32.1. The molecule has 0 fully saturated rings. The van der Waals surface area contributed by atoms with E-state index in [1.165, 1.54) is 0 Å². The van der Waals surface area contributed by atoms with Crippen LogP contribution in [0.3, 0.4) is 0 Å². The van der Waals surface area contributed by atoms with Gasteiger partial charge in [0.1, 0.15) is 0 Å². The Morgan fingerprint density at radius 3 is 2.14 bits per heavy atom. The van der Waals surface area contributed by atoms with Crippen LogP contribution in [0, 0.1) is 0 Å². The van der Waals surface area contributed by atoms with Crippen molar-refractivity contribution < 1.29 is 15.0 Å². The van der Waals surface area contributed by atoms with E-state index in [9.17, 15) is 9.90 Å². The summed E-state index contributed by atoms with van der Waals surface area (Å²) >= 11 is 4.09. The van der Waals surface area contributed by atoms with Crippen LogP contribution in [0.25, 0.3) is 0 Å². The minimum atomic E-state index is -1.16. The summed E-state index contributed by atoms with van der Waals surface area (Å²) in [6, 6.07) is 0. The Balaban J connectivity index is 4.52. The second kappa shape index (κ2) is 5.88. The second-order valence-corrected chi connectivity index (χ2v) is 3.83. The predicted molar refractivity (Wildman–Crippen MR) is 59.6 cm³/mol. The van der Waals surface area contributed by atoms with Crippen molar-refractivity contribution in [2.45, 2.75) is 30.1 Å². The second-order valence-electron chi connectivity index (χ2n) is 3.20. The highest BCUT2D eigenvalue weighted by Crippen LogP contribution is 2.27. The van der Waals surface area contributed by atoms with E-state index < -0.39 is 16.8 Å². The molecule has 0 aromatic carbocycles. The summed E-state index contributed by atoms with van der Waals surface area (Å²) in [4.78, 5) is 10.5. The topological polar surface area (TPSA) is 57.5 Å². The number of hydrogen-bond acceptors (Lipinski definition) is 3. The van der Waals surface area contributed by atoms with Crippen molar-refractivity contribution in [1.29, 1.82) is 0 Å². The number of carboxylic acids is 1. The molecule has 0 radical (unpaired) electrons. The molecule has 0 aliphatic carbocycles. The van der Waals surface area contributed by atoms with Crippen molar-refractivity contribution in [2.75, 3.05) is 0 Å². The summed E-state index contributed by atoms with van der Waals surface area (Å²) in [6.45, 7) is 7.03. The van der Waals surface area contributed by atoms with Crippen molar-refractivity contribution >= 4 is 18.6 Å². The molecule has 0 saturated carbocycles. The smallest absolute Gasteiger partial charge is 0.304 e. The van der Waals surface area contributed by atoms with E-state index in [2.05, 4.69) is 25.8 Å². The maximum Gasteiger partial charge on any atom is 0.304 e. The first kappa shape index (κ1) is 13.3. The summed E-state index contributed by atoms with van der Waals surface area (Å²) in [5, 5.41) is 18.0. The van der Waals surface area contributed by atoms with Gasteiger partial charge in [0.05, 0.1) is 12.0 Å². The van der Waals surface area contributed by atoms with Crippen LogP contribution < -0.4 is 0 Å². The van der Waals surface area contributed by atoms with Crippen LogP contribution >= 0.6 is 12.6 Å².